The van der Waals surface area contributed by atoms with Crippen LogP contribution in [0.3, 0.4) is 0 Å². The predicted octanol–water partition coefficient (Wildman–Crippen LogP) is 0.363. The molecular weight excluding hydrogens is 92.1 g/mol. The van der Waals surface area contributed by atoms with E-state index in [-0.39, 0.29) is 12.2 Å². The summed E-state index contributed by atoms with van der Waals surface area (Å²) in [5, 5.41) is 0. The molecule has 0 saturated carbocycles. The van der Waals surface area contributed by atoms with Crippen LogP contribution in [0.5, 0.6) is 0 Å². The third kappa shape index (κ3) is 0.800. The quantitative estimate of drug-likeness (QED) is 0.370. The van der Waals surface area contributed by atoms with Crippen LogP contribution in [0.15, 0.2) is 0 Å². The minimum Gasteiger partial charge on any atom is -0.362 e. The van der Waals surface area contributed by atoms with E-state index in [0.717, 1.165) is 12.7 Å². The highest BCUT2D eigenvalue weighted by molar-refractivity contribution is 5.60. The summed E-state index contributed by atoms with van der Waals surface area (Å²) in [6.07, 6.45) is 2.00. The zero-order valence-electron chi connectivity index (χ0n) is 4.26. The maximum atomic E-state index is 9.81. The van der Waals surface area contributed by atoms with E-state index in [4.69, 9.17) is 4.74 Å². The first kappa shape index (κ1) is 4.78. The Morgan fingerprint density at radius 3 is 2.71 bits per heavy atom. The van der Waals surface area contributed by atoms with Crippen LogP contribution < -0.4 is 0 Å². The van der Waals surface area contributed by atoms with Gasteiger partial charge in [-0.15, -0.1) is 0 Å². The molecule has 0 aliphatic carbocycles. The first-order valence-electron chi connectivity index (χ1n) is 2.49. The Hall–Kier alpha value is -0.370. The van der Waals surface area contributed by atoms with Crippen molar-refractivity contribution in [3.05, 3.63) is 0 Å². The summed E-state index contributed by atoms with van der Waals surface area (Å²) < 4.78 is 4.85. The molecule has 40 valence electrons. The van der Waals surface area contributed by atoms with Gasteiger partial charge in [-0.05, 0) is 6.42 Å². The SMILES string of the molecule is CC[C@H]1O[C@@H]1C=O. The van der Waals surface area contributed by atoms with Crippen LogP contribution in [0.1, 0.15) is 13.3 Å². The molecule has 0 radical (unpaired) electrons. The maximum absolute atomic E-state index is 9.81. The highest BCUT2D eigenvalue weighted by atomic mass is 16.6. The Kier molecular flexibility index (Phi) is 1.11. The minimum atomic E-state index is -0.0648. The van der Waals surface area contributed by atoms with E-state index in [9.17, 15) is 4.79 Å². The van der Waals surface area contributed by atoms with E-state index >= 15 is 0 Å². The van der Waals surface area contributed by atoms with Gasteiger partial charge >= 0.3 is 0 Å². The zero-order chi connectivity index (χ0) is 5.28. The van der Waals surface area contributed by atoms with E-state index in [0.29, 0.717) is 0 Å². The standard InChI is InChI=1S/C5H8O2/c1-2-4-5(3-6)7-4/h3-5H,2H2,1H3/t4-,5-/m1/s1. The van der Waals surface area contributed by atoms with Gasteiger partial charge in [0.25, 0.3) is 0 Å². The number of ether oxygens (including phenoxy) is 1. The fraction of sp³-hybridized carbons (Fsp3) is 0.800. The number of rotatable bonds is 2. The molecule has 0 bridgehead atoms. The lowest BCUT2D eigenvalue weighted by molar-refractivity contribution is -0.108. The van der Waals surface area contributed by atoms with E-state index in [2.05, 4.69) is 0 Å². The topological polar surface area (TPSA) is 29.6 Å². The van der Waals surface area contributed by atoms with E-state index in [1.165, 1.54) is 0 Å². The monoisotopic (exact) mass is 100 g/mol. The fourth-order valence-electron chi connectivity index (χ4n) is 0.605. The van der Waals surface area contributed by atoms with Gasteiger partial charge in [-0.3, -0.25) is 0 Å². The first-order valence-corrected chi connectivity index (χ1v) is 2.49. The second kappa shape index (κ2) is 1.62. The molecule has 7 heavy (non-hydrogen) atoms. The summed E-state index contributed by atoms with van der Waals surface area (Å²) >= 11 is 0. The summed E-state index contributed by atoms with van der Waals surface area (Å²) in [6.45, 7) is 2.01. The number of hydrogen-bond acceptors (Lipinski definition) is 2. The number of carbonyl (C=O) groups is 1. The Morgan fingerprint density at radius 1 is 1.86 bits per heavy atom. The van der Waals surface area contributed by atoms with E-state index in [1.54, 1.807) is 0 Å². The van der Waals surface area contributed by atoms with Crippen LogP contribution in [-0.2, 0) is 9.53 Å². The van der Waals surface area contributed by atoms with Gasteiger partial charge < -0.3 is 9.53 Å². The van der Waals surface area contributed by atoms with Gasteiger partial charge in [0.05, 0.1) is 6.10 Å². The molecule has 0 unspecified atom stereocenters. The van der Waals surface area contributed by atoms with Crippen LogP contribution >= 0.6 is 0 Å². The van der Waals surface area contributed by atoms with Gasteiger partial charge in [-0.25, -0.2) is 0 Å². The smallest absolute Gasteiger partial charge is 0.151 e. The fourth-order valence-corrected chi connectivity index (χ4v) is 0.605. The molecule has 0 aromatic carbocycles. The lowest BCUT2D eigenvalue weighted by Crippen LogP contribution is -1.90. The molecule has 1 saturated heterocycles. The normalized spacial score (nSPS) is 37.9. The van der Waals surface area contributed by atoms with Crippen LogP contribution in [0.4, 0.5) is 0 Å². The van der Waals surface area contributed by atoms with Crippen LogP contribution in [-0.4, -0.2) is 18.5 Å². The van der Waals surface area contributed by atoms with Crippen molar-refractivity contribution in [2.24, 2.45) is 0 Å². The second-order valence-corrected chi connectivity index (χ2v) is 1.68. The van der Waals surface area contributed by atoms with Crippen molar-refractivity contribution in [1.29, 1.82) is 0 Å². The molecule has 1 aliphatic heterocycles. The molecule has 0 aromatic rings. The van der Waals surface area contributed by atoms with E-state index < -0.39 is 0 Å². The Balaban J connectivity index is 2.17. The summed E-state index contributed by atoms with van der Waals surface area (Å²) in [5.74, 6) is 0. The molecule has 0 spiro atoms. The molecule has 1 fully saturated rings. The third-order valence-corrected chi connectivity index (χ3v) is 1.16. The lowest BCUT2D eigenvalue weighted by atomic mass is 10.3. The van der Waals surface area contributed by atoms with Crippen LogP contribution in [0, 0.1) is 0 Å². The van der Waals surface area contributed by atoms with Gasteiger partial charge in [0.1, 0.15) is 6.10 Å². The van der Waals surface area contributed by atoms with Crippen LogP contribution in [0.25, 0.3) is 0 Å². The average Bonchev–Trinajstić information content (AvgIpc) is 2.43. The first-order chi connectivity index (χ1) is 3.38. The van der Waals surface area contributed by atoms with Gasteiger partial charge in [0, 0.05) is 0 Å². The van der Waals surface area contributed by atoms with Crippen molar-refractivity contribution in [2.45, 2.75) is 25.6 Å². The molecule has 0 N–H and O–H groups in total. The van der Waals surface area contributed by atoms with Gasteiger partial charge in [0.2, 0.25) is 0 Å². The highest BCUT2D eigenvalue weighted by Crippen LogP contribution is 2.21. The largest absolute Gasteiger partial charge is 0.362 e. The number of epoxide rings is 1. The van der Waals surface area contributed by atoms with Crippen molar-refractivity contribution in [3.8, 4) is 0 Å². The summed E-state index contributed by atoms with van der Waals surface area (Å²) in [7, 11) is 0. The number of carbonyl (C=O) groups excluding carboxylic acids is 1. The van der Waals surface area contributed by atoms with Crippen molar-refractivity contribution >= 4 is 6.29 Å². The third-order valence-electron chi connectivity index (χ3n) is 1.16. The molecular formula is C5H8O2. The van der Waals surface area contributed by atoms with Crippen molar-refractivity contribution < 1.29 is 9.53 Å². The zero-order valence-corrected chi connectivity index (χ0v) is 4.26. The molecule has 0 aromatic heterocycles. The highest BCUT2D eigenvalue weighted by Gasteiger charge is 2.36. The van der Waals surface area contributed by atoms with Gasteiger partial charge in [-0.2, -0.15) is 0 Å². The molecule has 0 amide bonds. The molecule has 1 rings (SSSR count). The summed E-state index contributed by atoms with van der Waals surface area (Å²) in [6, 6.07) is 0. The number of hydrogen-bond donors (Lipinski definition) is 0. The lowest BCUT2D eigenvalue weighted by Gasteiger charge is -1.72. The molecule has 2 atom stereocenters. The van der Waals surface area contributed by atoms with Crippen molar-refractivity contribution in [2.75, 3.05) is 0 Å². The van der Waals surface area contributed by atoms with Crippen molar-refractivity contribution in [1.82, 2.24) is 0 Å². The molecule has 2 nitrogen and oxygen atoms in total. The summed E-state index contributed by atoms with van der Waals surface area (Å²) in [4.78, 5) is 9.81. The Labute approximate surface area is 42.5 Å². The minimum absolute atomic E-state index is 0.0648. The average molecular weight is 100 g/mol. The summed E-state index contributed by atoms with van der Waals surface area (Å²) in [5.41, 5.74) is 0. The van der Waals surface area contributed by atoms with Crippen molar-refractivity contribution in [3.63, 3.8) is 0 Å². The maximum Gasteiger partial charge on any atom is 0.151 e. The molecule has 1 heterocycles. The van der Waals surface area contributed by atoms with Gasteiger partial charge in [-0.1, -0.05) is 6.92 Å². The second-order valence-electron chi connectivity index (χ2n) is 1.68. The Bertz CT molecular complexity index is 80.1. The van der Waals surface area contributed by atoms with Gasteiger partial charge in [0.15, 0.2) is 6.29 Å². The molecule has 1 aliphatic rings. The van der Waals surface area contributed by atoms with Crippen LogP contribution in [0.2, 0.25) is 0 Å². The molecule has 2 heteroatoms. The number of aldehydes is 1. The van der Waals surface area contributed by atoms with E-state index in [1.807, 2.05) is 6.92 Å². The predicted molar refractivity (Wildman–Crippen MR) is 25.0 cm³/mol. The Morgan fingerprint density at radius 2 is 2.57 bits per heavy atom.